The third-order valence-corrected chi connectivity index (χ3v) is 4.41. The molecule has 0 aromatic heterocycles. The molecule has 0 aliphatic carbocycles. The Labute approximate surface area is 121 Å². The maximum atomic E-state index is 14.0. The molecule has 1 aromatic carbocycles. The van der Waals surface area contributed by atoms with Gasteiger partial charge in [-0.1, -0.05) is 13.3 Å². The highest BCUT2D eigenvalue weighted by Crippen LogP contribution is 2.29. The van der Waals surface area contributed by atoms with Crippen molar-refractivity contribution >= 4 is 21.4 Å². The van der Waals surface area contributed by atoms with Crippen molar-refractivity contribution in [1.82, 2.24) is 4.72 Å². The maximum absolute atomic E-state index is 14.0. The normalized spacial score (nSPS) is 13.0. The van der Waals surface area contributed by atoms with Crippen LogP contribution in [-0.2, 0) is 10.0 Å². The lowest BCUT2D eigenvalue weighted by atomic mass is 10.2. The number of hydrogen-bond acceptors (Lipinski definition) is 6. The van der Waals surface area contributed by atoms with Crippen LogP contribution in [0.4, 0.5) is 15.8 Å². The van der Waals surface area contributed by atoms with Crippen LogP contribution in [0.25, 0.3) is 0 Å². The summed E-state index contributed by atoms with van der Waals surface area (Å²) in [6.07, 6.45) is 1.31. The molecule has 0 heterocycles. The second-order valence-electron chi connectivity index (χ2n) is 4.52. The van der Waals surface area contributed by atoms with Crippen LogP contribution >= 0.6 is 0 Å². The molecule has 0 aliphatic heterocycles. The number of hydrazine groups is 1. The number of hydrogen-bond donors (Lipinski definition) is 3. The van der Waals surface area contributed by atoms with Gasteiger partial charge in [0.1, 0.15) is 4.90 Å². The minimum absolute atomic E-state index is 0.377. The SMILES string of the molecule is CCCC(C)NS(=O)(=O)c1c(F)cc([N+](=O)[O-])cc1NN. The number of nitro groups is 1. The molecule has 0 aliphatic rings. The van der Waals surface area contributed by atoms with Crippen molar-refractivity contribution in [1.29, 1.82) is 0 Å². The summed E-state index contributed by atoms with van der Waals surface area (Å²) >= 11 is 0. The van der Waals surface area contributed by atoms with E-state index < -0.39 is 37.4 Å². The van der Waals surface area contributed by atoms with Gasteiger partial charge in [0.2, 0.25) is 10.0 Å². The van der Waals surface area contributed by atoms with E-state index in [1.807, 2.05) is 12.3 Å². The summed E-state index contributed by atoms with van der Waals surface area (Å²) < 4.78 is 40.6. The smallest absolute Gasteiger partial charge is 0.274 e. The summed E-state index contributed by atoms with van der Waals surface area (Å²) in [7, 11) is -4.19. The summed E-state index contributed by atoms with van der Waals surface area (Å²) in [5, 5.41) is 10.7. The zero-order chi connectivity index (χ0) is 16.2. The Bertz CT molecular complexity index is 635. The van der Waals surface area contributed by atoms with Crippen LogP contribution in [0.5, 0.6) is 0 Å². The third-order valence-electron chi connectivity index (χ3n) is 2.74. The van der Waals surface area contributed by atoms with E-state index in [-0.39, 0.29) is 5.69 Å². The second kappa shape index (κ2) is 6.78. The number of anilines is 1. The molecular weight excluding hydrogens is 303 g/mol. The Morgan fingerprint density at radius 3 is 2.57 bits per heavy atom. The van der Waals surface area contributed by atoms with E-state index in [4.69, 9.17) is 5.84 Å². The van der Waals surface area contributed by atoms with Gasteiger partial charge in [-0.25, -0.2) is 17.5 Å². The van der Waals surface area contributed by atoms with Gasteiger partial charge in [-0.2, -0.15) is 0 Å². The van der Waals surface area contributed by atoms with E-state index >= 15 is 0 Å². The Morgan fingerprint density at radius 2 is 2.10 bits per heavy atom. The van der Waals surface area contributed by atoms with Crippen molar-refractivity contribution in [3.05, 3.63) is 28.1 Å². The first-order valence-corrected chi connectivity index (χ1v) is 7.68. The standard InChI is InChI=1S/C11H17FN4O4S/c1-3-4-7(2)15-21(19,20)11-9(12)5-8(16(17)18)6-10(11)14-13/h5-7,14-15H,3-4,13H2,1-2H3. The fourth-order valence-corrected chi connectivity index (χ4v) is 3.37. The minimum Gasteiger partial charge on any atom is -0.323 e. The number of sulfonamides is 1. The van der Waals surface area contributed by atoms with Crippen LogP contribution < -0.4 is 16.0 Å². The lowest BCUT2D eigenvalue weighted by Crippen LogP contribution is -2.33. The molecule has 1 rings (SSSR count). The van der Waals surface area contributed by atoms with Gasteiger partial charge < -0.3 is 5.43 Å². The molecule has 21 heavy (non-hydrogen) atoms. The third kappa shape index (κ3) is 4.09. The van der Waals surface area contributed by atoms with E-state index in [0.29, 0.717) is 12.5 Å². The molecule has 0 radical (unpaired) electrons. The zero-order valence-electron chi connectivity index (χ0n) is 11.6. The molecule has 1 unspecified atom stereocenters. The first-order chi connectivity index (χ1) is 9.72. The number of benzene rings is 1. The molecule has 8 nitrogen and oxygen atoms in total. The molecule has 4 N–H and O–H groups in total. The zero-order valence-corrected chi connectivity index (χ0v) is 12.4. The highest BCUT2D eigenvalue weighted by molar-refractivity contribution is 7.89. The average molecular weight is 320 g/mol. The molecule has 0 fully saturated rings. The number of halogens is 1. The van der Waals surface area contributed by atoms with E-state index in [1.165, 1.54) is 0 Å². The van der Waals surface area contributed by atoms with E-state index in [9.17, 15) is 22.9 Å². The highest BCUT2D eigenvalue weighted by Gasteiger charge is 2.27. The van der Waals surface area contributed by atoms with Gasteiger partial charge >= 0.3 is 0 Å². The monoisotopic (exact) mass is 320 g/mol. The molecule has 0 bridgehead atoms. The highest BCUT2D eigenvalue weighted by atomic mass is 32.2. The van der Waals surface area contributed by atoms with Crippen LogP contribution in [0.1, 0.15) is 26.7 Å². The fourth-order valence-electron chi connectivity index (χ4n) is 1.88. The molecular formula is C11H17FN4O4S. The first-order valence-electron chi connectivity index (χ1n) is 6.19. The first kappa shape index (κ1) is 17.3. The Hall–Kier alpha value is -1.78. The van der Waals surface area contributed by atoms with Crippen LogP contribution in [0.2, 0.25) is 0 Å². The fraction of sp³-hybridized carbons (Fsp3) is 0.455. The number of nitro benzene ring substituents is 1. The van der Waals surface area contributed by atoms with E-state index in [2.05, 4.69) is 4.72 Å². The molecule has 1 aromatic rings. The Morgan fingerprint density at radius 1 is 1.48 bits per heavy atom. The molecule has 10 heteroatoms. The summed E-state index contributed by atoms with van der Waals surface area (Å²) in [6.45, 7) is 3.52. The topological polar surface area (TPSA) is 127 Å². The molecule has 0 saturated heterocycles. The largest absolute Gasteiger partial charge is 0.323 e. The molecule has 0 spiro atoms. The van der Waals surface area contributed by atoms with Gasteiger partial charge in [0.05, 0.1) is 16.7 Å². The van der Waals surface area contributed by atoms with Crippen molar-refractivity contribution in [2.45, 2.75) is 37.6 Å². The Balaban J connectivity index is 3.32. The number of nitrogen functional groups attached to an aromatic ring is 1. The van der Waals surface area contributed by atoms with Gasteiger partial charge in [-0.05, 0) is 13.3 Å². The summed E-state index contributed by atoms with van der Waals surface area (Å²) in [6, 6.07) is 1.00. The predicted molar refractivity (Wildman–Crippen MR) is 75.6 cm³/mol. The maximum Gasteiger partial charge on any atom is 0.274 e. The van der Waals surface area contributed by atoms with E-state index in [1.54, 1.807) is 6.92 Å². The van der Waals surface area contributed by atoms with Crippen molar-refractivity contribution < 1.29 is 17.7 Å². The van der Waals surface area contributed by atoms with Crippen LogP contribution in [0.3, 0.4) is 0 Å². The van der Waals surface area contributed by atoms with Crippen molar-refractivity contribution in [3.63, 3.8) is 0 Å². The number of rotatable bonds is 7. The summed E-state index contributed by atoms with van der Waals surface area (Å²) in [4.78, 5) is 9.07. The molecule has 0 saturated carbocycles. The van der Waals surface area contributed by atoms with Gasteiger partial charge in [0.25, 0.3) is 5.69 Å². The number of nitrogens with one attached hydrogen (secondary N) is 2. The number of non-ortho nitro benzene ring substituents is 1. The summed E-state index contributed by atoms with van der Waals surface area (Å²) in [5.74, 6) is 3.90. The molecule has 118 valence electrons. The predicted octanol–water partition coefficient (Wildman–Crippen LogP) is 1.49. The van der Waals surface area contributed by atoms with Crippen LogP contribution in [0, 0.1) is 15.9 Å². The number of nitrogens with zero attached hydrogens (tertiary/aromatic N) is 1. The van der Waals surface area contributed by atoms with Gasteiger partial charge in [-0.15, -0.1) is 0 Å². The number of nitrogens with two attached hydrogens (primary N) is 1. The van der Waals surface area contributed by atoms with Crippen molar-refractivity contribution in [2.75, 3.05) is 5.43 Å². The second-order valence-corrected chi connectivity index (χ2v) is 6.17. The molecule has 1 atom stereocenters. The van der Waals surface area contributed by atoms with Gasteiger partial charge in [0.15, 0.2) is 5.82 Å². The lowest BCUT2D eigenvalue weighted by molar-refractivity contribution is -0.385. The van der Waals surface area contributed by atoms with E-state index in [0.717, 1.165) is 12.5 Å². The van der Waals surface area contributed by atoms with Crippen molar-refractivity contribution in [2.24, 2.45) is 5.84 Å². The molecule has 0 amide bonds. The van der Waals surface area contributed by atoms with Crippen molar-refractivity contribution in [3.8, 4) is 0 Å². The van der Waals surface area contributed by atoms with Gasteiger partial charge in [0, 0.05) is 12.1 Å². The lowest BCUT2D eigenvalue weighted by Gasteiger charge is -2.16. The minimum atomic E-state index is -4.19. The van der Waals surface area contributed by atoms with Crippen LogP contribution in [-0.4, -0.2) is 19.4 Å². The average Bonchev–Trinajstić information content (AvgIpc) is 2.36. The van der Waals surface area contributed by atoms with Crippen LogP contribution in [0.15, 0.2) is 17.0 Å². The van der Waals surface area contributed by atoms with Gasteiger partial charge in [-0.3, -0.25) is 16.0 Å². The Kier molecular flexibility index (Phi) is 5.58. The summed E-state index contributed by atoms with van der Waals surface area (Å²) in [5.41, 5.74) is 1.01. The quantitative estimate of drug-likeness (QED) is 0.397.